The smallest absolute Gasteiger partial charge is 0.399 e. The summed E-state index contributed by atoms with van der Waals surface area (Å²) in [6.07, 6.45) is 36.1. The molecule has 0 aliphatic carbocycles. The van der Waals surface area contributed by atoms with E-state index in [-0.39, 0.29) is 0 Å². The fourth-order valence-corrected chi connectivity index (χ4v) is 15.9. The Balaban J connectivity index is 1.44. The van der Waals surface area contributed by atoms with Crippen molar-refractivity contribution < 1.29 is 18.6 Å². The molecule has 0 saturated carbocycles. The average Bonchev–Trinajstić information content (AvgIpc) is 4.19. The minimum absolute atomic E-state index is 0.421. The van der Waals surface area contributed by atoms with Gasteiger partial charge in [-0.25, -0.2) is 0 Å². The second-order valence-corrected chi connectivity index (χ2v) is 28.4. The standard InChI is InChI=1S/C62H96B2O4S4/c1-13-17-21-25-29-33-37-45-41-47(39-35-31-27-23-19-15-3)69-55(45)53-49-43-51(63-65-59(5,6)60(7,8)66-63)72-58(49)54(50-44-52(71-57(50)53)64-67-61(9,10)62(11,12)68-64)56-46(38-34-30-26-22-18-14-2)42-48(70-56)40-36-32-28-24-20-16-4/h41-44H,13-40H2,1-12H3. The summed E-state index contributed by atoms with van der Waals surface area (Å²) in [7, 11) is -0.843. The van der Waals surface area contributed by atoms with E-state index in [0.29, 0.717) is 0 Å². The topological polar surface area (TPSA) is 36.9 Å². The van der Waals surface area contributed by atoms with Crippen molar-refractivity contribution in [2.24, 2.45) is 0 Å². The summed E-state index contributed by atoms with van der Waals surface area (Å²) in [6, 6.07) is 10.3. The molecule has 4 aromatic heterocycles. The molecule has 0 radical (unpaired) electrons. The van der Waals surface area contributed by atoms with Gasteiger partial charge in [0, 0.05) is 60.4 Å². The molecular weight excluding hydrogens is 959 g/mol. The Morgan fingerprint density at radius 2 is 0.625 bits per heavy atom. The highest BCUT2D eigenvalue weighted by molar-refractivity contribution is 7.31. The summed E-state index contributed by atoms with van der Waals surface area (Å²) in [5.41, 5.74) is 4.21. The minimum Gasteiger partial charge on any atom is -0.399 e. The van der Waals surface area contributed by atoms with Crippen LogP contribution in [0, 0.1) is 0 Å². The van der Waals surface area contributed by atoms with Crippen molar-refractivity contribution in [3.05, 3.63) is 45.1 Å². The largest absolute Gasteiger partial charge is 0.505 e. The van der Waals surface area contributed by atoms with Crippen LogP contribution >= 0.6 is 45.3 Å². The molecule has 0 amide bonds. The molecule has 2 saturated heterocycles. The highest BCUT2D eigenvalue weighted by Crippen LogP contribution is 2.53. The summed E-state index contributed by atoms with van der Waals surface area (Å²) in [5.74, 6) is 0. The van der Waals surface area contributed by atoms with E-state index in [0.717, 1.165) is 25.7 Å². The van der Waals surface area contributed by atoms with E-state index in [9.17, 15) is 0 Å². The number of thiophene rings is 4. The van der Waals surface area contributed by atoms with Crippen LogP contribution in [0.4, 0.5) is 0 Å². The second kappa shape index (κ2) is 26.7. The van der Waals surface area contributed by atoms with Gasteiger partial charge in [-0.1, -0.05) is 156 Å². The molecule has 0 unspecified atom stereocenters. The molecule has 1 aromatic carbocycles. The van der Waals surface area contributed by atoms with Gasteiger partial charge in [-0.05, 0) is 142 Å². The Hall–Kier alpha value is -1.49. The van der Waals surface area contributed by atoms with Crippen LogP contribution in [-0.4, -0.2) is 36.6 Å². The van der Waals surface area contributed by atoms with Crippen molar-refractivity contribution in [3.63, 3.8) is 0 Å². The van der Waals surface area contributed by atoms with Gasteiger partial charge in [-0.2, -0.15) is 0 Å². The van der Waals surface area contributed by atoms with Gasteiger partial charge in [0.25, 0.3) is 0 Å². The lowest BCUT2D eigenvalue weighted by atomic mass is 9.85. The SMILES string of the molecule is CCCCCCCCc1cc(CCCCCCCC)c(-c2c3cc(B4OC(C)(C)C(C)(C)O4)sc3c(-c3sc(CCCCCCCC)cc3CCCCCCCC)c3cc(B4OC(C)(C)C(C)(C)O4)sc23)s1. The van der Waals surface area contributed by atoms with Crippen LogP contribution in [0.25, 0.3) is 41.1 Å². The normalized spacial score (nSPS) is 17.2. The molecule has 7 rings (SSSR count). The lowest BCUT2D eigenvalue weighted by Gasteiger charge is -2.32. The molecule has 6 heterocycles. The van der Waals surface area contributed by atoms with Crippen LogP contribution in [0.3, 0.4) is 0 Å². The summed E-state index contributed by atoms with van der Waals surface area (Å²) in [6.45, 7) is 26.9. The van der Waals surface area contributed by atoms with Gasteiger partial charge in [0.1, 0.15) is 0 Å². The highest BCUT2D eigenvalue weighted by atomic mass is 32.1. The van der Waals surface area contributed by atoms with Crippen molar-refractivity contribution in [2.75, 3.05) is 0 Å². The third-order valence-electron chi connectivity index (χ3n) is 16.8. The van der Waals surface area contributed by atoms with Gasteiger partial charge in [0.15, 0.2) is 0 Å². The predicted octanol–water partition coefficient (Wildman–Crippen LogP) is 19.8. The quantitative estimate of drug-likeness (QED) is 0.0318. The highest BCUT2D eigenvalue weighted by Gasteiger charge is 2.54. The Morgan fingerprint density at radius 3 is 0.931 bits per heavy atom. The molecular formula is C62H96B2O4S4. The molecule has 0 N–H and O–H groups in total. The second-order valence-electron chi connectivity index (χ2n) is 23.9. The van der Waals surface area contributed by atoms with Gasteiger partial charge in [0.2, 0.25) is 0 Å². The summed E-state index contributed by atoms with van der Waals surface area (Å²) >= 11 is 8.06. The number of rotatable bonds is 32. The van der Waals surface area contributed by atoms with E-state index in [2.05, 4.69) is 130 Å². The summed E-state index contributed by atoms with van der Waals surface area (Å²) < 4.78 is 32.9. The van der Waals surface area contributed by atoms with Gasteiger partial charge >= 0.3 is 14.2 Å². The van der Waals surface area contributed by atoms with Crippen LogP contribution in [0.15, 0.2) is 24.3 Å². The number of fused-ring (bicyclic) bond motifs is 2. The van der Waals surface area contributed by atoms with E-state index in [4.69, 9.17) is 18.6 Å². The van der Waals surface area contributed by atoms with Crippen molar-refractivity contribution in [3.8, 4) is 20.9 Å². The Kier molecular flexibility index (Phi) is 21.6. The minimum atomic E-state index is -0.426. The zero-order valence-electron chi connectivity index (χ0n) is 47.5. The van der Waals surface area contributed by atoms with Crippen LogP contribution in [0.2, 0.25) is 0 Å². The number of aryl methyl sites for hydroxylation is 4. The van der Waals surface area contributed by atoms with Crippen molar-refractivity contribution in [1.29, 1.82) is 0 Å². The monoisotopic (exact) mass is 1050 g/mol. The van der Waals surface area contributed by atoms with E-state index in [1.165, 1.54) is 205 Å². The molecule has 0 spiro atoms. The van der Waals surface area contributed by atoms with E-state index >= 15 is 0 Å². The lowest BCUT2D eigenvalue weighted by Crippen LogP contribution is -2.41. The van der Waals surface area contributed by atoms with Crippen molar-refractivity contribution in [2.45, 2.75) is 285 Å². The lowest BCUT2D eigenvalue weighted by molar-refractivity contribution is 0.00578. The van der Waals surface area contributed by atoms with Gasteiger partial charge in [-0.15, -0.1) is 45.3 Å². The van der Waals surface area contributed by atoms with Crippen LogP contribution < -0.4 is 9.55 Å². The van der Waals surface area contributed by atoms with Crippen LogP contribution in [0.1, 0.15) is 258 Å². The molecule has 0 bridgehead atoms. The Labute approximate surface area is 456 Å². The fraction of sp³-hybridized carbons (Fsp3) is 0.710. The fourth-order valence-electron chi connectivity index (χ4n) is 10.8. The van der Waals surface area contributed by atoms with E-state index < -0.39 is 36.6 Å². The number of hydrogen-bond donors (Lipinski definition) is 0. The van der Waals surface area contributed by atoms with Crippen molar-refractivity contribution >= 4 is 89.3 Å². The maximum atomic E-state index is 6.94. The third kappa shape index (κ3) is 14.2. The summed E-state index contributed by atoms with van der Waals surface area (Å²) in [5, 5.41) is 2.73. The molecule has 398 valence electrons. The van der Waals surface area contributed by atoms with Crippen LogP contribution in [0.5, 0.6) is 0 Å². The van der Waals surface area contributed by atoms with Gasteiger partial charge in [0.05, 0.1) is 22.4 Å². The first kappa shape index (κ1) is 58.2. The molecule has 2 fully saturated rings. The van der Waals surface area contributed by atoms with E-state index in [1.807, 2.05) is 22.7 Å². The molecule has 5 aromatic rings. The van der Waals surface area contributed by atoms with E-state index in [1.54, 1.807) is 20.9 Å². The molecule has 72 heavy (non-hydrogen) atoms. The molecule has 2 aliphatic rings. The third-order valence-corrected chi connectivity index (χ3v) is 21.7. The first-order chi connectivity index (χ1) is 34.5. The van der Waals surface area contributed by atoms with Crippen LogP contribution in [-0.2, 0) is 44.3 Å². The Morgan fingerprint density at radius 1 is 0.347 bits per heavy atom. The zero-order chi connectivity index (χ0) is 51.5. The zero-order valence-corrected chi connectivity index (χ0v) is 50.8. The number of hydrogen-bond acceptors (Lipinski definition) is 8. The predicted molar refractivity (Wildman–Crippen MR) is 324 cm³/mol. The first-order valence-corrected chi connectivity index (χ1v) is 32.8. The van der Waals surface area contributed by atoms with Crippen molar-refractivity contribution in [1.82, 2.24) is 0 Å². The molecule has 10 heteroatoms. The molecule has 2 aliphatic heterocycles. The van der Waals surface area contributed by atoms with Gasteiger partial charge in [-0.3, -0.25) is 0 Å². The molecule has 0 atom stereocenters. The molecule has 4 nitrogen and oxygen atoms in total. The maximum absolute atomic E-state index is 6.94. The average molecular weight is 1060 g/mol. The first-order valence-electron chi connectivity index (χ1n) is 29.5. The maximum Gasteiger partial charge on any atom is 0.505 e. The number of unbranched alkanes of at least 4 members (excludes halogenated alkanes) is 20. The van der Waals surface area contributed by atoms with Gasteiger partial charge < -0.3 is 18.6 Å². The summed E-state index contributed by atoms with van der Waals surface area (Å²) in [4.78, 5) is 6.06. The Bertz CT molecular complexity index is 2200. The number of benzene rings is 1.